The van der Waals surface area contributed by atoms with E-state index in [-0.39, 0.29) is 12.3 Å². The van der Waals surface area contributed by atoms with Crippen molar-refractivity contribution in [2.75, 3.05) is 5.32 Å². The number of hydrogen-bond donors (Lipinski definition) is 1. The quantitative estimate of drug-likeness (QED) is 0.660. The van der Waals surface area contributed by atoms with Gasteiger partial charge in [-0.1, -0.05) is 48.0 Å². The van der Waals surface area contributed by atoms with Crippen molar-refractivity contribution in [1.82, 2.24) is 0 Å². The molecular formula is C22H14ClN3O. The Morgan fingerprint density at radius 2 is 1.85 bits per heavy atom. The first-order valence-electron chi connectivity index (χ1n) is 8.41. The molecule has 0 fully saturated rings. The van der Waals surface area contributed by atoms with Crippen molar-refractivity contribution in [1.29, 1.82) is 5.26 Å². The Kier molecular flexibility index (Phi) is 4.45. The van der Waals surface area contributed by atoms with Gasteiger partial charge in [-0.25, -0.2) is 0 Å². The molecule has 1 aliphatic heterocycles. The van der Waals surface area contributed by atoms with Crippen molar-refractivity contribution in [2.45, 2.75) is 6.42 Å². The van der Waals surface area contributed by atoms with Crippen LogP contribution in [0.2, 0.25) is 5.02 Å². The third-order valence-electron chi connectivity index (χ3n) is 4.36. The van der Waals surface area contributed by atoms with Gasteiger partial charge in [-0.3, -0.25) is 9.79 Å². The number of aliphatic imine (C=N–C) groups is 1. The molecule has 0 unspecified atom stereocenters. The molecule has 0 atom stereocenters. The van der Waals surface area contributed by atoms with E-state index in [2.05, 4.69) is 16.4 Å². The molecule has 1 aliphatic rings. The zero-order valence-electron chi connectivity index (χ0n) is 14.2. The predicted octanol–water partition coefficient (Wildman–Crippen LogP) is 5.34. The standard InChI is InChI=1S/C22H14ClN3O/c23-18-7-2-1-6-17(18)15-8-9-19-21(11-15)26-22(27)12-20(25-19)16-5-3-4-14(10-16)13-24/h1-11H,12H2,(H,26,27). The molecular weight excluding hydrogens is 358 g/mol. The van der Waals surface area contributed by atoms with Gasteiger partial charge in [0.1, 0.15) is 0 Å². The van der Waals surface area contributed by atoms with Gasteiger partial charge < -0.3 is 5.32 Å². The van der Waals surface area contributed by atoms with E-state index in [1.807, 2.05) is 48.5 Å². The summed E-state index contributed by atoms with van der Waals surface area (Å²) in [5.74, 6) is -0.147. The number of carbonyl (C=O) groups excluding carboxylic acids is 1. The Hall–Kier alpha value is -3.42. The number of amides is 1. The zero-order valence-corrected chi connectivity index (χ0v) is 15.0. The summed E-state index contributed by atoms with van der Waals surface area (Å²) in [6.45, 7) is 0. The molecule has 4 nitrogen and oxygen atoms in total. The third-order valence-corrected chi connectivity index (χ3v) is 4.69. The van der Waals surface area contributed by atoms with E-state index in [1.165, 1.54) is 0 Å². The number of nitrogens with zero attached hydrogens (tertiary/aromatic N) is 2. The molecule has 0 spiro atoms. The number of hydrogen-bond acceptors (Lipinski definition) is 3. The van der Waals surface area contributed by atoms with E-state index < -0.39 is 0 Å². The number of carbonyl (C=O) groups is 1. The summed E-state index contributed by atoms with van der Waals surface area (Å²) in [4.78, 5) is 17.1. The van der Waals surface area contributed by atoms with Gasteiger partial charge in [-0.05, 0) is 41.5 Å². The zero-order chi connectivity index (χ0) is 18.8. The predicted molar refractivity (Wildman–Crippen MR) is 107 cm³/mol. The molecule has 5 heteroatoms. The molecule has 3 aromatic rings. The van der Waals surface area contributed by atoms with Crippen molar-refractivity contribution in [3.63, 3.8) is 0 Å². The number of fused-ring (bicyclic) bond motifs is 1. The monoisotopic (exact) mass is 371 g/mol. The van der Waals surface area contributed by atoms with Crippen LogP contribution in [0.25, 0.3) is 11.1 Å². The molecule has 1 amide bonds. The fraction of sp³-hybridized carbons (Fsp3) is 0.0455. The minimum Gasteiger partial charge on any atom is -0.324 e. The summed E-state index contributed by atoms with van der Waals surface area (Å²) in [5.41, 5.74) is 5.06. The van der Waals surface area contributed by atoms with E-state index in [4.69, 9.17) is 16.9 Å². The van der Waals surface area contributed by atoms with Crippen LogP contribution in [0, 0.1) is 11.3 Å². The topological polar surface area (TPSA) is 65.2 Å². The normalized spacial score (nSPS) is 13.0. The van der Waals surface area contributed by atoms with Crippen LogP contribution in [0.5, 0.6) is 0 Å². The molecule has 1 N–H and O–H groups in total. The van der Waals surface area contributed by atoms with Crippen LogP contribution >= 0.6 is 11.6 Å². The van der Waals surface area contributed by atoms with Crippen molar-refractivity contribution < 1.29 is 4.79 Å². The van der Waals surface area contributed by atoms with Crippen LogP contribution in [0.15, 0.2) is 71.7 Å². The Labute approximate surface area is 161 Å². The second-order valence-corrected chi connectivity index (χ2v) is 6.60. The van der Waals surface area contributed by atoms with Crippen LogP contribution in [0.1, 0.15) is 17.5 Å². The lowest BCUT2D eigenvalue weighted by Crippen LogP contribution is -2.15. The first-order chi connectivity index (χ1) is 13.1. The van der Waals surface area contributed by atoms with Crippen LogP contribution < -0.4 is 5.32 Å². The largest absolute Gasteiger partial charge is 0.324 e. The number of nitriles is 1. The second kappa shape index (κ2) is 7.06. The smallest absolute Gasteiger partial charge is 0.230 e. The number of nitrogens with one attached hydrogen (secondary N) is 1. The van der Waals surface area contributed by atoms with Crippen LogP contribution in [-0.4, -0.2) is 11.6 Å². The summed E-state index contributed by atoms with van der Waals surface area (Å²) in [5, 5.41) is 12.7. The van der Waals surface area contributed by atoms with Crippen molar-refractivity contribution in [3.8, 4) is 17.2 Å². The van der Waals surface area contributed by atoms with Gasteiger partial charge in [0.25, 0.3) is 0 Å². The molecule has 0 saturated heterocycles. The number of anilines is 1. The van der Waals surface area contributed by atoms with E-state index in [0.717, 1.165) is 16.7 Å². The summed E-state index contributed by atoms with van der Waals surface area (Å²) in [6.07, 6.45) is 0.144. The maximum absolute atomic E-state index is 12.4. The van der Waals surface area contributed by atoms with Gasteiger partial charge in [-0.15, -0.1) is 0 Å². The fourth-order valence-electron chi connectivity index (χ4n) is 3.06. The SMILES string of the molecule is N#Cc1cccc(C2=Nc3ccc(-c4ccccc4Cl)cc3NC(=O)C2)c1. The van der Waals surface area contributed by atoms with Crippen molar-refractivity contribution in [2.24, 2.45) is 4.99 Å². The maximum atomic E-state index is 12.4. The maximum Gasteiger partial charge on any atom is 0.230 e. The summed E-state index contributed by atoms with van der Waals surface area (Å²) < 4.78 is 0. The molecule has 3 aromatic carbocycles. The molecule has 1 heterocycles. The molecule has 0 bridgehead atoms. The molecule has 0 aliphatic carbocycles. The number of rotatable bonds is 2. The summed E-state index contributed by atoms with van der Waals surface area (Å²) in [6, 6.07) is 22.5. The van der Waals surface area contributed by atoms with Gasteiger partial charge in [0, 0.05) is 10.6 Å². The van der Waals surface area contributed by atoms with Gasteiger partial charge in [-0.2, -0.15) is 5.26 Å². The highest BCUT2D eigenvalue weighted by atomic mass is 35.5. The molecule has 0 aromatic heterocycles. The Morgan fingerprint density at radius 1 is 1.00 bits per heavy atom. The van der Waals surface area contributed by atoms with Crippen LogP contribution in [0.3, 0.4) is 0 Å². The van der Waals surface area contributed by atoms with Crippen LogP contribution in [-0.2, 0) is 4.79 Å². The Bertz CT molecular complexity index is 1130. The Morgan fingerprint density at radius 3 is 2.67 bits per heavy atom. The lowest BCUT2D eigenvalue weighted by atomic mass is 10.0. The van der Waals surface area contributed by atoms with Gasteiger partial charge >= 0.3 is 0 Å². The van der Waals surface area contributed by atoms with Crippen molar-refractivity contribution >= 4 is 34.6 Å². The van der Waals surface area contributed by atoms with E-state index in [9.17, 15) is 4.79 Å². The molecule has 0 saturated carbocycles. The molecule has 0 radical (unpaired) electrons. The van der Waals surface area contributed by atoms with Gasteiger partial charge in [0.2, 0.25) is 5.91 Å². The van der Waals surface area contributed by atoms with E-state index >= 15 is 0 Å². The minimum atomic E-state index is -0.147. The highest BCUT2D eigenvalue weighted by Gasteiger charge is 2.18. The number of benzene rings is 3. The average Bonchev–Trinajstić information content (AvgIpc) is 2.85. The second-order valence-electron chi connectivity index (χ2n) is 6.19. The molecule has 4 rings (SSSR count). The third kappa shape index (κ3) is 3.46. The van der Waals surface area contributed by atoms with Crippen molar-refractivity contribution in [3.05, 3.63) is 82.9 Å². The first-order valence-corrected chi connectivity index (χ1v) is 8.79. The van der Waals surface area contributed by atoms with E-state index in [1.54, 1.807) is 18.2 Å². The molecule has 27 heavy (non-hydrogen) atoms. The average molecular weight is 372 g/mol. The van der Waals surface area contributed by atoms with Gasteiger partial charge in [0.15, 0.2) is 0 Å². The molecule has 130 valence electrons. The van der Waals surface area contributed by atoms with E-state index in [0.29, 0.717) is 27.7 Å². The first kappa shape index (κ1) is 17.0. The highest BCUT2D eigenvalue weighted by Crippen LogP contribution is 2.35. The summed E-state index contributed by atoms with van der Waals surface area (Å²) in [7, 11) is 0. The van der Waals surface area contributed by atoms with Gasteiger partial charge in [0.05, 0.1) is 35.1 Å². The minimum absolute atomic E-state index is 0.144. The van der Waals surface area contributed by atoms with Crippen LogP contribution in [0.4, 0.5) is 11.4 Å². The lowest BCUT2D eigenvalue weighted by molar-refractivity contribution is -0.115. The Balaban J connectivity index is 1.79. The lowest BCUT2D eigenvalue weighted by Gasteiger charge is -2.09. The number of halogens is 1. The summed E-state index contributed by atoms with van der Waals surface area (Å²) >= 11 is 6.29. The highest BCUT2D eigenvalue weighted by molar-refractivity contribution is 6.33. The fourth-order valence-corrected chi connectivity index (χ4v) is 3.31.